The van der Waals surface area contributed by atoms with Crippen LogP contribution in [-0.4, -0.2) is 29.4 Å². The molecule has 0 aliphatic carbocycles. The number of methoxy groups -OCH3 is 1. The summed E-state index contributed by atoms with van der Waals surface area (Å²) in [6.45, 7) is 2.92. The van der Waals surface area contributed by atoms with Crippen molar-refractivity contribution in [2.24, 2.45) is 0 Å². The van der Waals surface area contributed by atoms with Crippen LogP contribution in [-0.2, 0) is 19.1 Å². The normalized spacial score (nSPS) is 10.6. The lowest BCUT2D eigenvalue weighted by atomic mass is 10.3. The lowest BCUT2D eigenvalue weighted by Crippen LogP contribution is -2.24. The lowest BCUT2D eigenvalue weighted by Gasteiger charge is -2.10. The van der Waals surface area contributed by atoms with E-state index >= 15 is 0 Å². The first-order valence-electron chi connectivity index (χ1n) is 3.29. The van der Waals surface area contributed by atoms with Gasteiger partial charge in [-0.15, -0.1) is 0 Å². The van der Waals surface area contributed by atoms with Crippen molar-refractivity contribution in [3.8, 4) is 0 Å². The monoisotopic (exact) mass is 260 g/mol. The van der Waals surface area contributed by atoms with Crippen molar-refractivity contribution in [3.05, 3.63) is 12.2 Å². The smallest absolute Gasteiger partial charge is 0.358 e. The highest BCUT2D eigenvalue weighted by atomic mass is 35.6. The molecule has 0 spiro atoms. The van der Waals surface area contributed by atoms with E-state index in [9.17, 15) is 9.59 Å². The first-order valence-corrected chi connectivity index (χ1v) is 4.42. The summed E-state index contributed by atoms with van der Waals surface area (Å²) in [6.07, 6.45) is 0. The summed E-state index contributed by atoms with van der Waals surface area (Å²) in [7, 11) is 1.17. The number of hydrogen-bond donors (Lipinski definition) is 0. The van der Waals surface area contributed by atoms with E-state index in [1.54, 1.807) is 0 Å². The highest BCUT2D eigenvalue weighted by Gasteiger charge is 2.32. The highest BCUT2D eigenvalue weighted by Crippen LogP contribution is 2.27. The Balaban J connectivity index is 4.03. The number of alkyl halides is 3. The van der Waals surface area contributed by atoms with Crippen molar-refractivity contribution in [2.75, 3.05) is 13.7 Å². The van der Waals surface area contributed by atoms with Gasteiger partial charge in [-0.25, -0.2) is 9.59 Å². The zero-order valence-electron chi connectivity index (χ0n) is 7.18. The van der Waals surface area contributed by atoms with Crippen molar-refractivity contribution in [1.29, 1.82) is 0 Å². The second kappa shape index (κ2) is 5.44. The van der Waals surface area contributed by atoms with Crippen LogP contribution in [0.3, 0.4) is 0 Å². The van der Waals surface area contributed by atoms with Gasteiger partial charge < -0.3 is 9.47 Å². The molecule has 0 aliphatic heterocycles. The van der Waals surface area contributed by atoms with E-state index in [1.807, 2.05) is 0 Å². The first kappa shape index (κ1) is 13.5. The van der Waals surface area contributed by atoms with Crippen molar-refractivity contribution in [1.82, 2.24) is 0 Å². The predicted molar refractivity (Wildman–Crippen MR) is 52.4 cm³/mol. The van der Waals surface area contributed by atoms with Gasteiger partial charge in [0.2, 0.25) is 0 Å². The fraction of sp³-hybridized carbons (Fsp3) is 0.429. The number of halogens is 3. The van der Waals surface area contributed by atoms with Crippen molar-refractivity contribution >= 4 is 46.7 Å². The zero-order valence-corrected chi connectivity index (χ0v) is 9.45. The van der Waals surface area contributed by atoms with E-state index in [2.05, 4.69) is 16.1 Å². The molecule has 0 N–H and O–H groups in total. The van der Waals surface area contributed by atoms with Crippen LogP contribution in [0.25, 0.3) is 0 Å². The second-order valence-electron chi connectivity index (χ2n) is 2.17. The molecule has 7 heteroatoms. The van der Waals surface area contributed by atoms with Crippen molar-refractivity contribution < 1.29 is 19.1 Å². The van der Waals surface area contributed by atoms with Crippen LogP contribution in [0.1, 0.15) is 0 Å². The number of hydrogen-bond acceptors (Lipinski definition) is 4. The fourth-order valence-corrected chi connectivity index (χ4v) is 0.601. The van der Waals surface area contributed by atoms with Gasteiger partial charge in [-0.2, -0.15) is 0 Å². The van der Waals surface area contributed by atoms with Gasteiger partial charge in [-0.3, -0.25) is 0 Å². The number of rotatable bonds is 3. The molecule has 0 aliphatic rings. The fourth-order valence-electron chi connectivity index (χ4n) is 0.438. The molecule has 4 nitrogen and oxygen atoms in total. The van der Waals surface area contributed by atoms with Gasteiger partial charge in [0.05, 0.1) is 12.7 Å². The molecule has 0 fully saturated rings. The Kier molecular flexibility index (Phi) is 5.26. The van der Waals surface area contributed by atoms with E-state index in [1.165, 1.54) is 7.11 Å². The Labute approximate surface area is 95.7 Å². The lowest BCUT2D eigenvalue weighted by molar-refractivity contribution is -0.143. The average molecular weight is 261 g/mol. The van der Waals surface area contributed by atoms with Crippen LogP contribution in [0.4, 0.5) is 0 Å². The van der Waals surface area contributed by atoms with Gasteiger partial charge in [-0.05, 0) is 0 Å². The Hall–Kier alpha value is -0.450. The van der Waals surface area contributed by atoms with Gasteiger partial charge in [0.1, 0.15) is 6.61 Å². The third-order valence-corrected chi connectivity index (χ3v) is 1.55. The van der Waals surface area contributed by atoms with Crippen molar-refractivity contribution in [3.63, 3.8) is 0 Å². The summed E-state index contributed by atoms with van der Waals surface area (Å²) in [5, 5.41) is 0. The molecule has 0 unspecified atom stereocenters. The minimum atomic E-state index is -2.16. The van der Waals surface area contributed by atoms with Crippen LogP contribution >= 0.6 is 34.8 Å². The molecular formula is C7H7Cl3O4. The van der Waals surface area contributed by atoms with Crippen LogP contribution in [0.5, 0.6) is 0 Å². The van der Waals surface area contributed by atoms with Gasteiger partial charge in [-0.1, -0.05) is 41.4 Å². The number of ether oxygens (including phenoxy) is 2. The van der Waals surface area contributed by atoms with E-state index < -0.39 is 15.7 Å². The summed E-state index contributed by atoms with van der Waals surface area (Å²) in [5.41, 5.74) is -0.0462. The minimum Gasteiger partial charge on any atom is -0.466 e. The largest absolute Gasteiger partial charge is 0.466 e. The summed E-state index contributed by atoms with van der Waals surface area (Å²) in [5.74, 6) is -1.77. The van der Waals surface area contributed by atoms with Crippen LogP contribution < -0.4 is 0 Å². The predicted octanol–water partition coefficient (Wildman–Crippen LogP) is 1.63. The molecule has 14 heavy (non-hydrogen) atoms. The molecule has 0 atom stereocenters. The third kappa shape index (κ3) is 4.69. The molecule has 0 amide bonds. The van der Waals surface area contributed by atoms with Gasteiger partial charge in [0.15, 0.2) is 0 Å². The van der Waals surface area contributed by atoms with Crippen LogP contribution in [0.2, 0.25) is 0 Å². The molecule has 0 rings (SSSR count). The second-order valence-corrected chi connectivity index (χ2v) is 4.45. The zero-order chi connectivity index (χ0) is 11.4. The number of carbonyl (C=O) groups is 2. The number of carbonyl (C=O) groups excluding carboxylic acids is 2. The standard InChI is InChI=1S/C7H7Cl3O4/c1-4(5(11)13-2)3-14-6(12)7(8,9)10/h1,3H2,2H3. The molecule has 0 radical (unpaired) electrons. The Morgan fingerprint density at radius 3 is 2.21 bits per heavy atom. The maximum absolute atomic E-state index is 10.9. The SMILES string of the molecule is C=C(COC(=O)C(Cl)(Cl)Cl)C(=O)OC. The number of esters is 2. The quantitative estimate of drug-likeness (QED) is 0.440. The van der Waals surface area contributed by atoms with Gasteiger partial charge in [0.25, 0.3) is 3.79 Å². The molecule has 0 heterocycles. The average Bonchev–Trinajstić information content (AvgIpc) is 2.10. The molecule has 0 saturated heterocycles. The van der Waals surface area contributed by atoms with Gasteiger partial charge in [0, 0.05) is 0 Å². The first-order chi connectivity index (χ1) is 6.29. The summed E-state index contributed by atoms with van der Waals surface area (Å²) in [4.78, 5) is 21.6. The van der Waals surface area contributed by atoms with Crippen LogP contribution in [0.15, 0.2) is 12.2 Å². The maximum Gasteiger partial charge on any atom is 0.358 e. The molecule has 0 aromatic heterocycles. The summed E-state index contributed by atoms with van der Waals surface area (Å²) < 4.78 is 6.60. The van der Waals surface area contributed by atoms with E-state index in [0.717, 1.165) is 0 Å². The molecule has 0 aromatic rings. The van der Waals surface area contributed by atoms with E-state index in [-0.39, 0.29) is 12.2 Å². The van der Waals surface area contributed by atoms with E-state index in [4.69, 9.17) is 34.8 Å². The molecule has 0 aromatic carbocycles. The summed E-state index contributed by atoms with van der Waals surface area (Å²) in [6, 6.07) is 0. The molecule has 80 valence electrons. The highest BCUT2D eigenvalue weighted by molar-refractivity contribution is 6.75. The van der Waals surface area contributed by atoms with Gasteiger partial charge >= 0.3 is 11.9 Å². The summed E-state index contributed by atoms with van der Waals surface area (Å²) >= 11 is 15.6. The molecule has 0 saturated carbocycles. The Morgan fingerprint density at radius 2 is 1.86 bits per heavy atom. The third-order valence-electron chi connectivity index (χ3n) is 1.08. The minimum absolute atomic E-state index is 0.0462. The Bertz CT molecular complexity index is 256. The van der Waals surface area contributed by atoms with Crippen LogP contribution in [0, 0.1) is 0 Å². The van der Waals surface area contributed by atoms with Crippen molar-refractivity contribution in [2.45, 2.75) is 3.79 Å². The molecular weight excluding hydrogens is 254 g/mol. The maximum atomic E-state index is 10.9. The Morgan fingerprint density at radius 1 is 1.36 bits per heavy atom. The topological polar surface area (TPSA) is 52.6 Å². The molecule has 0 bridgehead atoms. The van der Waals surface area contributed by atoms with E-state index in [0.29, 0.717) is 0 Å².